The maximum atomic E-state index is 13.3. The van der Waals surface area contributed by atoms with Crippen LogP contribution in [0, 0.1) is 51.8 Å². The van der Waals surface area contributed by atoms with Gasteiger partial charge in [0.25, 0.3) is 0 Å². The van der Waals surface area contributed by atoms with Crippen molar-refractivity contribution in [2.75, 3.05) is 7.11 Å². The molecule has 0 saturated heterocycles. The minimum absolute atomic E-state index is 0.00564. The minimum atomic E-state index is -0.302. The summed E-state index contributed by atoms with van der Waals surface area (Å²) in [5.74, 6) is 3.02. The van der Waals surface area contributed by atoms with Crippen LogP contribution in [0.5, 0.6) is 0 Å². The van der Waals surface area contributed by atoms with Crippen LogP contribution >= 0.6 is 0 Å². The molecule has 0 heterocycles. The normalized spacial score (nSPS) is 44.9. The zero-order chi connectivity index (χ0) is 27.6. The Kier molecular flexibility index (Phi) is 6.79. The van der Waals surface area contributed by atoms with Gasteiger partial charge in [-0.05, 0) is 123 Å². The molecule has 4 saturated carbocycles. The third-order valence-corrected chi connectivity index (χ3v) is 12.9. The predicted molar refractivity (Wildman–Crippen MR) is 153 cm³/mol. The topological polar surface area (TPSA) is 52.6 Å². The van der Waals surface area contributed by atoms with Gasteiger partial charge in [0, 0.05) is 0 Å². The second-order valence-corrected chi connectivity index (χ2v) is 14.5. The summed E-state index contributed by atoms with van der Waals surface area (Å²) in [5.41, 5.74) is 2.48. The zero-order valence-electron chi connectivity index (χ0n) is 24.7. The number of fused-ring (bicyclic) bond motifs is 7. The van der Waals surface area contributed by atoms with Gasteiger partial charge in [-0.25, -0.2) is 4.79 Å². The van der Waals surface area contributed by atoms with E-state index in [0.717, 1.165) is 51.4 Å². The molecule has 4 fully saturated rings. The van der Waals surface area contributed by atoms with Gasteiger partial charge >= 0.3 is 11.9 Å². The molecule has 4 unspecified atom stereocenters. The van der Waals surface area contributed by atoms with Crippen molar-refractivity contribution in [3.8, 4) is 0 Å². The van der Waals surface area contributed by atoms with E-state index in [9.17, 15) is 9.59 Å². The lowest BCUT2D eigenvalue weighted by Crippen LogP contribution is -2.60. The summed E-state index contributed by atoms with van der Waals surface area (Å²) in [6, 6.07) is 9.44. The lowest BCUT2D eigenvalue weighted by Gasteiger charge is -2.66. The van der Waals surface area contributed by atoms with E-state index < -0.39 is 0 Å². The van der Waals surface area contributed by atoms with Crippen LogP contribution in [0.2, 0.25) is 0 Å². The van der Waals surface area contributed by atoms with Crippen molar-refractivity contribution in [2.24, 2.45) is 51.8 Å². The predicted octanol–water partition coefficient (Wildman–Crippen LogP) is 8.02. The lowest BCUT2D eigenvalue weighted by molar-refractivity contribution is -0.171. The molecule has 0 aromatic heterocycles. The molecule has 0 aliphatic heterocycles. The number of hydrogen-bond acceptors (Lipinski definition) is 4. The summed E-state index contributed by atoms with van der Waals surface area (Å²) >= 11 is 0. The van der Waals surface area contributed by atoms with E-state index in [0.29, 0.717) is 41.1 Å². The highest BCUT2D eigenvalue weighted by atomic mass is 16.5. The smallest absolute Gasteiger partial charge is 0.338 e. The Balaban J connectivity index is 1.26. The molecule has 10 atom stereocenters. The molecule has 0 amide bonds. The van der Waals surface area contributed by atoms with Crippen LogP contribution in [0.25, 0.3) is 0 Å². The highest BCUT2D eigenvalue weighted by Crippen LogP contribution is 2.70. The quantitative estimate of drug-likeness (QED) is 0.292. The Morgan fingerprint density at radius 1 is 0.872 bits per heavy atom. The Morgan fingerprint density at radius 3 is 2.33 bits per heavy atom. The molecule has 5 aliphatic rings. The fourth-order valence-corrected chi connectivity index (χ4v) is 10.9. The van der Waals surface area contributed by atoms with Crippen molar-refractivity contribution in [3.63, 3.8) is 0 Å². The molecule has 4 heteroatoms. The molecule has 0 N–H and O–H groups in total. The number of methoxy groups -OCH3 is 1. The van der Waals surface area contributed by atoms with Gasteiger partial charge in [-0.15, -0.1) is 0 Å². The number of allylic oxidation sites excluding steroid dienone is 2. The van der Waals surface area contributed by atoms with Crippen molar-refractivity contribution >= 4 is 11.9 Å². The van der Waals surface area contributed by atoms with E-state index in [4.69, 9.17) is 9.47 Å². The number of hydrogen-bond donors (Lipinski definition) is 0. The summed E-state index contributed by atoms with van der Waals surface area (Å²) in [5, 5.41) is 0. The van der Waals surface area contributed by atoms with Crippen LogP contribution in [-0.2, 0) is 14.3 Å². The van der Waals surface area contributed by atoms with Crippen molar-refractivity contribution in [2.45, 2.75) is 98.0 Å². The van der Waals surface area contributed by atoms with Gasteiger partial charge in [0.2, 0.25) is 0 Å². The summed E-state index contributed by atoms with van der Waals surface area (Å²) in [4.78, 5) is 26.2. The number of esters is 2. The molecule has 4 nitrogen and oxygen atoms in total. The number of benzene rings is 1. The molecule has 39 heavy (non-hydrogen) atoms. The molecule has 0 radical (unpaired) electrons. The maximum Gasteiger partial charge on any atom is 0.338 e. The van der Waals surface area contributed by atoms with Crippen molar-refractivity contribution < 1.29 is 19.1 Å². The van der Waals surface area contributed by atoms with E-state index in [1.165, 1.54) is 12.8 Å². The first-order valence-corrected chi connectivity index (χ1v) is 15.7. The average Bonchev–Trinajstić information content (AvgIpc) is 2.94. The highest BCUT2D eigenvalue weighted by Gasteiger charge is 2.64. The third kappa shape index (κ3) is 4.05. The van der Waals surface area contributed by atoms with E-state index in [2.05, 4.69) is 33.8 Å². The van der Waals surface area contributed by atoms with E-state index in [1.54, 1.807) is 12.7 Å². The number of carbonyl (C=O) groups is 2. The molecule has 6 rings (SSSR count). The third-order valence-electron chi connectivity index (χ3n) is 12.9. The van der Waals surface area contributed by atoms with Crippen LogP contribution in [0.3, 0.4) is 0 Å². The van der Waals surface area contributed by atoms with Gasteiger partial charge in [0.15, 0.2) is 0 Å². The van der Waals surface area contributed by atoms with Crippen LogP contribution in [0.1, 0.15) is 102 Å². The van der Waals surface area contributed by atoms with Crippen molar-refractivity contribution in [1.82, 2.24) is 0 Å². The van der Waals surface area contributed by atoms with Gasteiger partial charge in [-0.3, -0.25) is 4.79 Å². The number of carbonyl (C=O) groups excluding carboxylic acids is 2. The largest absolute Gasteiger partial charge is 0.469 e. The zero-order valence-corrected chi connectivity index (χ0v) is 24.7. The van der Waals surface area contributed by atoms with Gasteiger partial charge in [-0.1, -0.05) is 57.5 Å². The van der Waals surface area contributed by atoms with E-state index >= 15 is 0 Å². The SMILES string of the molecule is COC(=O)[C@@]12CCC3C(=CCC4[C@@]3(C)CCC3[C@@H](C)[C@@H](OC(=O)c5ccccc5)CC[C@@]34C)C1C[C@@H](C)CC2. The van der Waals surface area contributed by atoms with E-state index in [-0.39, 0.29) is 34.3 Å². The fourth-order valence-electron chi connectivity index (χ4n) is 10.9. The second kappa shape index (κ2) is 9.77. The molecule has 0 bridgehead atoms. The maximum absolute atomic E-state index is 13.3. The van der Waals surface area contributed by atoms with Crippen LogP contribution in [0.15, 0.2) is 42.0 Å². The standard InChI is InChI=1S/C35H48O4/c1-22-13-19-35(32(37)38-5)20-15-27-25(28(35)21-22)11-12-30-33(3)18-16-29(23(2)26(33)14-17-34(27,30)4)39-31(36)24-9-7-6-8-10-24/h6-11,22-23,26-30H,12-21H2,1-5H3/t22-,23+,26?,27?,28?,29-,30?,33-,34-,35-/m0/s1. The number of rotatable bonds is 3. The fraction of sp³-hybridized carbons (Fsp3) is 0.714. The van der Waals surface area contributed by atoms with Gasteiger partial charge in [0.1, 0.15) is 6.10 Å². The summed E-state index contributed by atoms with van der Waals surface area (Å²) in [7, 11) is 1.58. The molecule has 0 spiro atoms. The van der Waals surface area contributed by atoms with Gasteiger partial charge in [-0.2, -0.15) is 0 Å². The van der Waals surface area contributed by atoms with Crippen LogP contribution < -0.4 is 0 Å². The molecule has 5 aliphatic carbocycles. The van der Waals surface area contributed by atoms with Gasteiger partial charge in [0.05, 0.1) is 18.1 Å². The first-order valence-electron chi connectivity index (χ1n) is 15.7. The van der Waals surface area contributed by atoms with Crippen LogP contribution in [-0.4, -0.2) is 25.2 Å². The Bertz CT molecular complexity index is 1140. The van der Waals surface area contributed by atoms with Crippen molar-refractivity contribution in [1.29, 1.82) is 0 Å². The summed E-state index contributed by atoms with van der Waals surface area (Å²) in [6.45, 7) is 9.87. The first-order chi connectivity index (χ1) is 18.6. The lowest BCUT2D eigenvalue weighted by atomic mass is 9.38. The molecular weight excluding hydrogens is 484 g/mol. The summed E-state index contributed by atoms with van der Waals surface area (Å²) < 4.78 is 11.6. The van der Waals surface area contributed by atoms with E-state index in [1.807, 2.05) is 30.3 Å². The molecule has 1 aromatic carbocycles. The van der Waals surface area contributed by atoms with Crippen molar-refractivity contribution in [3.05, 3.63) is 47.5 Å². The minimum Gasteiger partial charge on any atom is -0.469 e. The van der Waals surface area contributed by atoms with Gasteiger partial charge < -0.3 is 9.47 Å². The molecule has 212 valence electrons. The monoisotopic (exact) mass is 532 g/mol. The first kappa shape index (κ1) is 27.1. The number of ether oxygens (including phenoxy) is 2. The summed E-state index contributed by atoms with van der Waals surface area (Å²) in [6.07, 6.45) is 13.6. The Morgan fingerprint density at radius 2 is 1.59 bits per heavy atom. The second-order valence-electron chi connectivity index (χ2n) is 14.5. The molecular formula is C35H48O4. The highest BCUT2D eigenvalue weighted by molar-refractivity contribution is 5.89. The Labute approximate surface area is 235 Å². The average molecular weight is 533 g/mol. The van der Waals surface area contributed by atoms with Crippen LogP contribution in [0.4, 0.5) is 0 Å². The Hall–Kier alpha value is -2.10. The molecule has 1 aromatic rings.